The van der Waals surface area contributed by atoms with Crippen molar-refractivity contribution in [2.24, 2.45) is 0 Å². The van der Waals surface area contributed by atoms with Gasteiger partial charge in [-0.25, -0.2) is 0 Å². The summed E-state index contributed by atoms with van der Waals surface area (Å²) in [6.45, 7) is 8.05. The SMILES string of the molecule is Nc1ccccc1OCCOCCOCCOCCOCCOCCOCCOC1CCCCO1. The van der Waals surface area contributed by atoms with Crippen LogP contribution in [0.1, 0.15) is 19.3 Å². The Hall–Kier alpha value is -1.50. The van der Waals surface area contributed by atoms with E-state index in [4.69, 9.17) is 48.4 Å². The fraction of sp³-hybridized carbons (Fsp3) is 0.760. The highest BCUT2D eigenvalue weighted by atomic mass is 16.7. The zero-order valence-corrected chi connectivity index (χ0v) is 20.9. The molecule has 0 amide bonds. The Labute approximate surface area is 209 Å². The van der Waals surface area contributed by atoms with Crippen LogP contribution in [0.2, 0.25) is 0 Å². The number of rotatable bonds is 23. The molecule has 0 radical (unpaired) electrons. The van der Waals surface area contributed by atoms with Gasteiger partial charge in [-0.1, -0.05) is 12.1 Å². The maximum absolute atomic E-state index is 5.81. The minimum atomic E-state index is -0.0605. The fourth-order valence-corrected chi connectivity index (χ4v) is 3.11. The second-order valence-electron chi connectivity index (χ2n) is 7.73. The first-order valence-electron chi connectivity index (χ1n) is 12.5. The van der Waals surface area contributed by atoms with Gasteiger partial charge in [0.05, 0.1) is 91.6 Å². The second-order valence-corrected chi connectivity index (χ2v) is 7.73. The van der Waals surface area contributed by atoms with Crippen LogP contribution >= 0.6 is 0 Å². The maximum atomic E-state index is 5.81. The molecule has 10 heteroatoms. The molecular formula is C25H43NO9. The molecule has 0 saturated carbocycles. The van der Waals surface area contributed by atoms with Crippen molar-refractivity contribution in [3.8, 4) is 5.75 Å². The first-order valence-corrected chi connectivity index (χ1v) is 12.5. The van der Waals surface area contributed by atoms with Crippen LogP contribution in [-0.4, -0.2) is 105 Å². The molecule has 202 valence electrons. The summed E-state index contributed by atoms with van der Waals surface area (Å²) in [4.78, 5) is 0. The van der Waals surface area contributed by atoms with Gasteiger partial charge in [-0.2, -0.15) is 0 Å². The summed E-state index contributed by atoms with van der Waals surface area (Å²) in [5.74, 6) is 0.675. The Morgan fingerprint density at radius 2 is 1.11 bits per heavy atom. The van der Waals surface area contributed by atoms with Crippen molar-refractivity contribution in [1.82, 2.24) is 0 Å². The molecule has 10 nitrogen and oxygen atoms in total. The smallest absolute Gasteiger partial charge is 0.157 e. The third-order valence-electron chi connectivity index (χ3n) is 4.93. The highest BCUT2D eigenvalue weighted by Gasteiger charge is 2.13. The maximum Gasteiger partial charge on any atom is 0.157 e. The number of nitrogens with two attached hydrogens (primary N) is 1. The zero-order valence-electron chi connectivity index (χ0n) is 20.9. The van der Waals surface area contributed by atoms with Gasteiger partial charge in [-0.15, -0.1) is 0 Å². The highest BCUT2D eigenvalue weighted by molar-refractivity contribution is 5.51. The summed E-state index contributed by atoms with van der Waals surface area (Å²) in [6.07, 6.45) is 3.21. The third-order valence-corrected chi connectivity index (χ3v) is 4.93. The Bertz CT molecular complexity index is 602. The molecule has 2 N–H and O–H groups in total. The number of ether oxygens (including phenoxy) is 9. The van der Waals surface area contributed by atoms with Crippen molar-refractivity contribution >= 4 is 5.69 Å². The van der Waals surface area contributed by atoms with Gasteiger partial charge >= 0.3 is 0 Å². The van der Waals surface area contributed by atoms with E-state index in [9.17, 15) is 0 Å². The van der Waals surface area contributed by atoms with E-state index in [1.807, 2.05) is 18.2 Å². The molecule has 1 heterocycles. The first kappa shape index (κ1) is 29.7. The van der Waals surface area contributed by atoms with Gasteiger partial charge < -0.3 is 48.4 Å². The van der Waals surface area contributed by atoms with Crippen LogP contribution in [0.3, 0.4) is 0 Å². The summed E-state index contributed by atoms with van der Waals surface area (Å²) in [5.41, 5.74) is 6.43. The topological polar surface area (TPSA) is 109 Å². The number of hydrogen-bond acceptors (Lipinski definition) is 10. The van der Waals surface area contributed by atoms with Gasteiger partial charge in [0.15, 0.2) is 6.29 Å². The molecule has 1 unspecified atom stereocenters. The molecule has 2 rings (SSSR count). The average molecular weight is 502 g/mol. The van der Waals surface area contributed by atoms with Crippen molar-refractivity contribution < 1.29 is 42.6 Å². The van der Waals surface area contributed by atoms with Crippen LogP contribution in [0, 0.1) is 0 Å². The van der Waals surface area contributed by atoms with E-state index >= 15 is 0 Å². The van der Waals surface area contributed by atoms with Crippen LogP contribution in [0.4, 0.5) is 5.69 Å². The van der Waals surface area contributed by atoms with E-state index in [-0.39, 0.29) is 6.29 Å². The van der Waals surface area contributed by atoms with Gasteiger partial charge in [0, 0.05) is 6.61 Å². The Morgan fingerprint density at radius 3 is 1.60 bits per heavy atom. The summed E-state index contributed by atoms with van der Waals surface area (Å²) >= 11 is 0. The fourth-order valence-electron chi connectivity index (χ4n) is 3.11. The Morgan fingerprint density at radius 1 is 0.629 bits per heavy atom. The first-order chi connectivity index (χ1) is 17.4. The third kappa shape index (κ3) is 16.7. The van der Waals surface area contributed by atoms with Gasteiger partial charge in [0.1, 0.15) is 12.4 Å². The lowest BCUT2D eigenvalue weighted by atomic mass is 10.2. The van der Waals surface area contributed by atoms with E-state index in [2.05, 4.69) is 0 Å². The lowest BCUT2D eigenvalue weighted by Gasteiger charge is -2.22. The molecule has 0 bridgehead atoms. The summed E-state index contributed by atoms with van der Waals surface area (Å²) in [5, 5.41) is 0. The minimum absolute atomic E-state index is 0.0605. The van der Waals surface area contributed by atoms with E-state index < -0.39 is 0 Å². The van der Waals surface area contributed by atoms with Crippen LogP contribution in [-0.2, 0) is 37.9 Å². The highest BCUT2D eigenvalue weighted by Crippen LogP contribution is 2.19. The predicted octanol–water partition coefficient (Wildman–Crippen LogP) is 2.29. The van der Waals surface area contributed by atoms with Crippen LogP contribution < -0.4 is 10.5 Å². The van der Waals surface area contributed by atoms with Crippen LogP contribution in [0.5, 0.6) is 5.75 Å². The van der Waals surface area contributed by atoms with Gasteiger partial charge in [-0.05, 0) is 31.4 Å². The Balaban J connectivity index is 1.19. The predicted molar refractivity (Wildman–Crippen MR) is 131 cm³/mol. The average Bonchev–Trinajstić information content (AvgIpc) is 2.88. The number of para-hydroxylation sites is 2. The molecule has 1 fully saturated rings. The second kappa shape index (κ2) is 21.8. The van der Waals surface area contributed by atoms with Crippen molar-refractivity contribution in [2.75, 3.05) is 105 Å². The van der Waals surface area contributed by atoms with E-state index in [0.717, 1.165) is 19.4 Å². The number of benzene rings is 1. The lowest BCUT2D eigenvalue weighted by Crippen LogP contribution is -2.24. The van der Waals surface area contributed by atoms with Crippen molar-refractivity contribution in [3.05, 3.63) is 24.3 Å². The standard InChI is InChI=1S/C25H43NO9/c26-23-5-1-2-6-24(23)33-21-19-31-17-15-29-13-11-27-9-10-28-12-14-30-16-18-32-20-22-35-25-7-3-4-8-34-25/h1-2,5-6,25H,3-4,7-22,26H2. The van der Waals surface area contributed by atoms with E-state index in [1.165, 1.54) is 6.42 Å². The molecule has 1 aromatic carbocycles. The minimum Gasteiger partial charge on any atom is -0.489 e. The number of nitrogen functional groups attached to an aromatic ring is 1. The summed E-state index contributed by atoms with van der Waals surface area (Å²) in [7, 11) is 0. The van der Waals surface area contributed by atoms with E-state index in [1.54, 1.807) is 6.07 Å². The van der Waals surface area contributed by atoms with Gasteiger partial charge in [-0.3, -0.25) is 0 Å². The molecule has 1 aliphatic rings. The van der Waals surface area contributed by atoms with Crippen LogP contribution in [0.25, 0.3) is 0 Å². The molecule has 0 spiro atoms. The van der Waals surface area contributed by atoms with Gasteiger partial charge in [0.2, 0.25) is 0 Å². The molecule has 1 aliphatic heterocycles. The molecule has 0 aliphatic carbocycles. The molecule has 0 aromatic heterocycles. The van der Waals surface area contributed by atoms with Gasteiger partial charge in [0.25, 0.3) is 0 Å². The summed E-state index contributed by atoms with van der Waals surface area (Å²) < 4.78 is 49.4. The normalized spacial score (nSPS) is 15.9. The monoisotopic (exact) mass is 501 g/mol. The summed E-state index contributed by atoms with van der Waals surface area (Å²) in [6, 6.07) is 7.39. The quantitative estimate of drug-likeness (QED) is 0.177. The zero-order chi connectivity index (χ0) is 24.7. The number of hydrogen-bond donors (Lipinski definition) is 1. The molecular weight excluding hydrogens is 458 g/mol. The molecule has 35 heavy (non-hydrogen) atoms. The van der Waals surface area contributed by atoms with Crippen molar-refractivity contribution in [1.29, 1.82) is 0 Å². The number of anilines is 1. The van der Waals surface area contributed by atoms with E-state index in [0.29, 0.717) is 104 Å². The Kier molecular flexibility index (Phi) is 18.5. The molecule has 1 saturated heterocycles. The molecule has 1 atom stereocenters. The van der Waals surface area contributed by atoms with Crippen molar-refractivity contribution in [3.63, 3.8) is 0 Å². The lowest BCUT2D eigenvalue weighted by molar-refractivity contribution is -0.169. The largest absolute Gasteiger partial charge is 0.489 e. The van der Waals surface area contributed by atoms with Crippen LogP contribution in [0.15, 0.2) is 24.3 Å². The van der Waals surface area contributed by atoms with Crippen molar-refractivity contribution in [2.45, 2.75) is 25.6 Å². The molecule has 1 aromatic rings.